The number of ketones is 1. The Morgan fingerprint density at radius 2 is 1.58 bits per heavy atom. The molecule has 2 nitrogen and oxygen atoms in total. The molecule has 0 heterocycles. The molecule has 0 spiro atoms. The molecular weight excluding hydrogens is 380 g/mol. The van der Waals surface area contributed by atoms with Crippen LogP contribution >= 0.6 is 0 Å². The van der Waals surface area contributed by atoms with Gasteiger partial charge in [0.05, 0.1) is 5.60 Å². The molecule has 4 saturated carbocycles. The van der Waals surface area contributed by atoms with Crippen LogP contribution in [0.4, 0.5) is 0 Å². The zero-order chi connectivity index (χ0) is 22.6. The summed E-state index contributed by atoms with van der Waals surface area (Å²) in [6, 6.07) is 0. The van der Waals surface area contributed by atoms with Gasteiger partial charge < -0.3 is 5.11 Å². The van der Waals surface area contributed by atoms with Gasteiger partial charge in [-0.25, -0.2) is 0 Å². The molecule has 31 heavy (non-hydrogen) atoms. The molecule has 9 atom stereocenters. The summed E-state index contributed by atoms with van der Waals surface area (Å²) in [6.45, 7) is 16.9. The van der Waals surface area contributed by atoms with Gasteiger partial charge in [-0.2, -0.15) is 0 Å². The van der Waals surface area contributed by atoms with E-state index in [4.69, 9.17) is 0 Å². The number of allylic oxidation sites excluding steroid dienone is 2. The summed E-state index contributed by atoms with van der Waals surface area (Å²) in [5.41, 5.74) is 0.0244. The Morgan fingerprint density at radius 1 is 0.871 bits per heavy atom. The van der Waals surface area contributed by atoms with E-state index in [9.17, 15) is 9.90 Å². The predicted molar refractivity (Wildman–Crippen MR) is 126 cm³/mol. The summed E-state index contributed by atoms with van der Waals surface area (Å²) in [7, 11) is 0. The van der Waals surface area contributed by atoms with Crippen LogP contribution in [0.5, 0.6) is 0 Å². The van der Waals surface area contributed by atoms with Crippen molar-refractivity contribution in [3.05, 3.63) is 12.2 Å². The van der Waals surface area contributed by atoms with Crippen molar-refractivity contribution in [3.63, 3.8) is 0 Å². The lowest BCUT2D eigenvalue weighted by molar-refractivity contribution is -0.232. The first-order chi connectivity index (χ1) is 14.3. The summed E-state index contributed by atoms with van der Waals surface area (Å²) >= 11 is 0. The number of rotatable bonds is 1. The van der Waals surface area contributed by atoms with Crippen LogP contribution in [0.1, 0.15) is 99.8 Å². The van der Waals surface area contributed by atoms with Gasteiger partial charge in [0.25, 0.3) is 0 Å². The highest BCUT2D eigenvalue weighted by Crippen LogP contribution is 2.75. The monoisotopic (exact) mass is 426 g/mol. The number of carbonyl (C=O) groups excluding carboxylic acids is 1. The van der Waals surface area contributed by atoms with E-state index in [0.717, 1.165) is 19.3 Å². The van der Waals surface area contributed by atoms with Crippen LogP contribution < -0.4 is 0 Å². The van der Waals surface area contributed by atoms with E-state index in [1.807, 2.05) is 6.08 Å². The van der Waals surface area contributed by atoms with Crippen LogP contribution in [-0.2, 0) is 4.79 Å². The van der Waals surface area contributed by atoms with Crippen LogP contribution in [0.15, 0.2) is 12.2 Å². The van der Waals surface area contributed by atoms with Crippen LogP contribution in [-0.4, -0.2) is 16.5 Å². The minimum Gasteiger partial charge on any atom is -0.390 e. The summed E-state index contributed by atoms with van der Waals surface area (Å²) in [6.07, 6.45) is 13.6. The van der Waals surface area contributed by atoms with E-state index < -0.39 is 5.60 Å². The van der Waals surface area contributed by atoms with Crippen molar-refractivity contribution in [2.24, 2.45) is 57.2 Å². The lowest BCUT2D eigenvalue weighted by Gasteiger charge is -2.71. The minimum atomic E-state index is -0.414. The van der Waals surface area contributed by atoms with E-state index in [1.165, 1.54) is 32.1 Å². The van der Waals surface area contributed by atoms with Gasteiger partial charge in [-0.1, -0.05) is 54.5 Å². The number of hydrogen-bond acceptors (Lipinski definition) is 2. The van der Waals surface area contributed by atoms with Crippen LogP contribution in [0.2, 0.25) is 0 Å². The Kier molecular flexibility index (Phi) is 4.64. The van der Waals surface area contributed by atoms with E-state index in [1.54, 1.807) is 0 Å². The molecule has 0 aromatic heterocycles. The molecule has 5 aliphatic carbocycles. The SMILES string of the molecule is CC(C)[C@@H]1CC[C@]2(O)CC[C@]3(C)[C@H](CC[C@@H]4[C@@]5(C)C=CC(=O)C(C)(C)[C@@H]5CC[C@]43C)[C@@H]12. The van der Waals surface area contributed by atoms with Gasteiger partial charge in [0.15, 0.2) is 5.78 Å². The molecule has 0 bridgehead atoms. The Bertz CT molecular complexity index is 810. The zero-order valence-corrected chi connectivity index (χ0v) is 21.1. The molecule has 0 saturated heterocycles. The molecule has 5 rings (SSSR count). The molecule has 0 radical (unpaired) electrons. The predicted octanol–water partition coefficient (Wildman–Crippen LogP) is 6.81. The molecule has 2 heteroatoms. The summed E-state index contributed by atoms with van der Waals surface area (Å²) < 4.78 is 0. The topological polar surface area (TPSA) is 37.3 Å². The highest BCUT2D eigenvalue weighted by atomic mass is 16.3. The number of aliphatic hydroxyl groups is 1. The second-order valence-electron chi connectivity index (χ2n) is 14.0. The van der Waals surface area contributed by atoms with Gasteiger partial charge in [-0.15, -0.1) is 0 Å². The fraction of sp³-hybridized carbons (Fsp3) is 0.897. The first kappa shape index (κ1) is 22.2. The van der Waals surface area contributed by atoms with E-state index in [0.29, 0.717) is 41.3 Å². The molecule has 0 aromatic carbocycles. The number of carbonyl (C=O) groups is 1. The van der Waals surface area contributed by atoms with E-state index >= 15 is 0 Å². The Hall–Kier alpha value is -0.630. The molecule has 0 aliphatic heterocycles. The van der Waals surface area contributed by atoms with Crippen molar-refractivity contribution in [3.8, 4) is 0 Å². The fourth-order valence-electron chi connectivity index (χ4n) is 10.7. The summed E-state index contributed by atoms with van der Waals surface area (Å²) in [5, 5.41) is 11.8. The number of hydrogen-bond donors (Lipinski definition) is 1. The van der Waals surface area contributed by atoms with Crippen LogP contribution in [0.25, 0.3) is 0 Å². The Morgan fingerprint density at radius 3 is 2.26 bits per heavy atom. The van der Waals surface area contributed by atoms with Gasteiger partial charge in [0.2, 0.25) is 0 Å². The molecule has 4 fully saturated rings. The molecule has 0 unspecified atom stereocenters. The van der Waals surface area contributed by atoms with E-state index in [-0.39, 0.29) is 21.7 Å². The van der Waals surface area contributed by atoms with Gasteiger partial charge in [0.1, 0.15) is 0 Å². The first-order valence-corrected chi connectivity index (χ1v) is 13.3. The Balaban J connectivity index is 1.57. The van der Waals surface area contributed by atoms with Crippen LogP contribution in [0.3, 0.4) is 0 Å². The van der Waals surface area contributed by atoms with Gasteiger partial charge >= 0.3 is 0 Å². The molecule has 1 N–H and O–H groups in total. The highest BCUT2D eigenvalue weighted by Gasteiger charge is 2.70. The van der Waals surface area contributed by atoms with Gasteiger partial charge in [-0.3, -0.25) is 4.79 Å². The molecule has 0 amide bonds. The lowest BCUT2D eigenvalue weighted by Crippen LogP contribution is -2.66. The van der Waals surface area contributed by atoms with E-state index in [2.05, 4.69) is 54.5 Å². The third kappa shape index (κ3) is 2.58. The smallest absolute Gasteiger partial charge is 0.161 e. The Labute approximate surface area is 190 Å². The van der Waals surface area contributed by atoms with Crippen molar-refractivity contribution in [2.45, 2.75) is 105 Å². The van der Waals surface area contributed by atoms with Crippen molar-refractivity contribution < 1.29 is 9.90 Å². The fourth-order valence-corrected chi connectivity index (χ4v) is 10.7. The van der Waals surface area contributed by atoms with Crippen molar-refractivity contribution in [1.29, 1.82) is 0 Å². The maximum atomic E-state index is 12.8. The van der Waals surface area contributed by atoms with Crippen molar-refractivity contribution in [1.82, 2.24) is 0 Å². The molecular formula is C29H46O2. The minimum absolute atomic E-state index is 0.110. The highest BCUT2D eigenvalue weighted by molar-refractivity contribution is 5.95. The molecule has 174 valence electrons. The first-order valence-electron chi connectivity index (χ1n) is 13.3. The van der Waals surface area contributed by atoms with Gasteiger partial charge in [-0.05, 0) is 109 Å². The average Bonchev–Trinajstić information content (AvgIpc) is 3.04. The third-order valence-corrected chi connectivity index (χ3v) is 12.6. The molecule has 5 aliphatic rings. The quantitative estimate of drug-likeness (QED) is 0.500. The lowest BCUT2D eigenvalue weighted by atomic mass is 9.33. The summed E-state index contributed by atoms with van der Waals surface area (Å²) in [5.74, 6) is 3.87. The zero-order valence-electron chi connectivity index (χ0n) is 21.1. The van der Waals surface area contributed by atoms with Crippen molar-refractivity contribution in [2.75, 3.05) is 0 Å². The second-order valence-corrected chi connectivity index (χ2v) is 14.0. The second kappa shape index (κ2) is 6.49. The van der Waals surface area contributed by atoms with Crippen molar-refractivity contribution >= 4 is 5.78 Å². The average molecular weight is 427 g/mol. The maximum Gasteiger partial charge on any atom is 0.161 e. The number of fused-ring (bicyclic) bond motifs is 7. The maximum absolute atomic E-state index is 12.8. The third-order valence-electron chi connectivity index (χ3n) is 12.6. The van der Waals surface area contributed by atoms with Gasteiger partial charge in [0, 0.05) is 5.41 Å². The molecule has 0 aromatic rings. The normalized spacial score (nSPS) is 55.4. The standard InChI is InChI=1S/C29H46O2/c1-18(2)19-10-15-29(31)17-16-27(6)20(24(19)29)8-9-22-26(5)13-12-23(30)25(3,4)21(26)11-14-28(22,27)7/h12-13,18-22,24,31H,8-11,14-17H2,1-7H3/t19-,20+,21-,22+,24+,26-,27+,28+,29-/m0/s1. The van der Waals surface area contributed by atoms with Crippen LogP contribution in [0, 0.1) is 57.2 Å². The summed E-state index contributed by atoms with van der Waals surface area (Å²) in [4.78, 5) is 12.8. The largest absolute Gasteiger partial charge is 0.390 e.